The molecular formula is C23H18N4O5. The lowest BCUT2D eigenvalue weighted by Gasteiger charge is -2.14. The van der Waals surface area contributed by atoms with E-state index in [2.05, 4.69) is 20.3 Å². The van der Waals surface area contributed by atoms with E-state index in [1.54, 1.807) is 42.7 Å². The number of carbonyl (C=O) groups excluding carboxylic acids is 2. The molecular weight excluding hydrogens is 412 g/mol. The lowest BCUT2D eigenvalue weighted by Crippen LogP contribution is -2.30. The largest absolute Gasteiger partial charge is 0.478 e. The molecule has 9 nitrogen and oxygen atoms in total. The fourth-order valence-corrected chi connectivity index (χ4v) is 3.03. The van der Waals surface area contributed by atoms with Crippen molar-refractivity contribution >= 4 is 34.6 Å². The summed E-state index contributed by atoms with van der Waals surface area (Å²) >= 11 is 0. The topological polar surface area (TPSA) is 134 Å². The van der Waals surface area contributed by atoms with Crippen molar-refractivity contribution in [2.24, 2.45) is 0 Å². The number of hydrogen-bond acceptors (Lipinski definition) is 6. The molecule has 32 heavy (non-hydrogen) atoms. The number of aromatic amines is 1. The van der Waals surface area contributed by atoms with Crippen molar-refractivity contribution < 1.29 is 24.2 Å². The van der Waals surface area contributed by atoms with Gasteiger partial charge in [0.25, 0.3) is 5.91 Å². The number of carboxylic acid groups (broad SMARTS) is 1. The zero-order valence-electron chi connectivity index (χ0n) is 16.9. The van der Waals surface area contributed by atoms with E-state index in [0.29, 0.717) is 22.5 Å². The van der Waals surface area contributed by atoms with Gasteiger partial charge in [0.1, 0.15) is 5.82 Å². The number of carbonyl (C=O) groups is 3. The van der Waals surface area contributed by atoms with Crippen LogP contribution in [0.15, 0.2) is 67.0 Å². The van der Waals surface area contributed by atoms with Gasteiger partial charge in [0.15, 0.2) is 6.10 Å². The summed E-state index contributed by atoms with van der Waals surface area (Å²) in [6, 6.07) is 14.3. The maximum Gasteiger partial charge on any atom is 0.338 e. The summed E-state index contributed by atoms with van der Waals surface area (Å²) < 4.78 is 5.28. The molecule has 160 valence electrons. The van der Waals surface area contributed by atoms with Crippen molar-refractivity contribution in [1.82, 2.24) is 15.0 Å². The average molecular weight is 430 g/mol. The van der Waals surface area contributed by atoms with Gasteiger partial charge < -0.3 is 20.1 Å². The van der Waals surface area contributed by atoms with E-state index < -0.39 is 23.9 Å². The van der Waals surface area contributed by atoms with Crippen LogP contribution in [0.5, 0.6) is 0 Å². The van der Waals surface area contributed by atoms with Crippen LogP contribution >= 0.6 is 0 Å². The normalized spacial score (nSPS) is 11.7. The number of aromatic carboxylic acids is 1. The smallest absolute Gasteiger partial charge is 0.338 e. The molecule has 4 rings (SSSR count). The van der Waals surface area contributed by atoms with Crippen LogP contribution in [0.25, 0.3) is 22.4 Å². The van der Waals surface area contributed by atoms with E-state index in [1.165, 1.54) is 25.1 Å². The Labute approximate surface area is 182 Å². The minimum Gasteiger partial charge on any atom is -0.478 e. The van der Waals surface area contributed by atoms with Gasteiger partial charge in [-0.25, -0.2) is 14.6 Å². The molecule has 3 N–H and O–H groups in total. The van der Waals surface area contributed by atoms with E-state index in [9.17, 15) is 14.4 Å². The first-order chi connectivity index (χ1) is 15.4. The van der Waals surface area contributed by atoms with Crippen molar-refractivity contribution in [1.29, 1.82) is 0 Å². The number of esters is 1. The summed E-state index contributed by atoms with van der Waals surface area (Å²) in [4.78, 5) is 47.7. The Morgan fingerprint density at radius 1 is 1.06 bits per heavy atom. The number of carboxylic acids is 1. The van der Waals surface area contributed by atoms with Gasteiger partial charge >= 0.3 is 11.9 Å². The van der Waals surface area contributed by atoms with Crippen LogP contribution in [-0.4, -0.2) is 44.0 Å². The predicted octanol–water partition coefficient (Wildman–Crippen LogP) is 3.51. The standard InChI is InChI=1S/C23H18N4O5/c1-13(21(28)25-17-6-2-4-14(10-17)22(29)30)32-23(31)15-7-8-18-19(11-15)27-20(26-18)16-5-3-9-24-12-16/h2-13H,1H3,(H,25,28)(H,26,27)(H,29,30). The highest BCUT2D eigenvalue weighted by molar-refractivity contribution is 5.99. The summed E-state index contributed by atoms with van der Waals surface area (Å²) in [5, 5.41) is 11.6. The number of nitrogens with one attached hydrogen (secondary N) is 2. The molecule has 2 aromatic carbocycles. The average Bonchev–Trinajstić information content (AvgIpc) is 3.23. The minimum atomic E-state index is -1.11. The monoisotopic (exact) mass is 430 g/mol. The molecule has 0 radical (unpaired) electrons. The molecule has 0 spiro atoms. The Balaban J connectivity index is 1.45. The highest BCUT2D eigenvalue weighted by Gasteiger charge is 2.20. The van der Waals surface area contributed by atoms with Crippen molar-refractivity contribution in [3.8, 4) is 11.4 Å². The van der Waals surface area contributed by atoms with Crippen LogP contribution < -0.4 is 5.32 Å². The summed E-state index contributed by atoms with van der Waals surface area (Å²) in [6.07, 6.45) is 2.25. The molecule has 0 fully saturated rings. The number of ether oxygens (including phenoxy) is 1. The fraction of sp³-hybridized carbons (Fsp3) is 0.0870. The van der Waals surface area contributed by atoms with Crippen molar-refractivity contribution in [2.75, 3.05) is 5.32 Å². The van der Waals surface area contributed by atoms with E-state index in [-0.39, 0.29) is 11.1 Å². The van der Waals surface area contributed by atoms with Crippen molar-refractivity contribution in [3.63, 3.8) is 0 Å². The molecule has 0 saturated heterocycles. The Bertz CT molecular complexity index is 1320. The molecule has 0 aliphatic heterocycles. The first-order valence-electron chi connectivity index (χ1n) is 9.66. The summed E-state index contributed by atoms with van der Waals surface area (Å²) in [7, 11) is 0. The van der Waals surface area contributed by atoms with Gasteiger partial charge in [-0.15, -0.1) is 0 Å². The fourth-order valence-electron chi connectivity index (χ4n) is 3.03. The molecule has 1 atom stereocenters. The highest BCUT2D eigenvalue weighted by Crippen LogP contribution is 2.21. The summed E-state index contributed by atoms with van der Waals surface area (Å²) in [5.41, 5.74) is 2.70. The van der Waals surface area contributed by atoms with Crippen LogP contribution in [0, 0.1) is 0 Å². The number of anilines is 1. The number of hydrogen-bond donors (Lipinski definition) is 3. The van der Waals surface area contributed by atoms with Gasteiger partial charge in [0, 0.05) is 23.6 Å². The Hall–Kier alpha value is -4.53. The van der Waals surface area contributed by atoms with Crippen LogP contribution in [0.2, 0.25) is 0 Å². The predicted molar refractivity (Wildman–Crippen MR) is 116 cm³/mol. The van der Waals surface area contributed by atoms with Gasteiger partial charge in [-0.05, 0) is 55.5 Å². The Morgan fingerprint density at radius 3 is 2.66 bits per heavy atom. The number of pyridine rings is 1. The van der Waals surface area contributed by atoms with Crippen LogP contribution in [0.4, 0.5) is 5.69 Å². The third-order valence-corrected chi connectivity index (χ3v) is 4.68. The number of nitrogens with zero attached hydrogens (tertiary/aromatic N) is 2. The molecule has 0 saturated carbocycles. The highest BCUT2D eigenvalue weighted by atomic mass is 16.5. The molecule has 1 amide bonds. The van der Waals surface area contributed by atoms with E-state index >= 15 is 0 Å². The molecule has 4 aromatic rings. The van der Waals surface area contributed by atoms with Gasteiger partial charge in [0.2, 0.25) is 0 Å². The lowest BCUT2D eigenvalue weighted by atomic mass is 10.2. The maximum absolute atomic E-state index is 12.6. The SMILES string of the molecule is CC(OC(=O)c1ccc2nc(-c3cccnc3)[nH]c2c1)C(=O)Nc1cccc(C(=O)O)c1. The van der Waals surface area contributed by atoms with Crippen LogP contribution in [0.3, 0.4) is 0 Å². The molecule has 0 bridgehead atoms. The number of aromatic nitrogens is 3. The molecule has 0 aliphatic carbocycles. The number of imidazole rings is 1. The van der Waals surface area contributed by atoms with Gasteiger partial charge in [0.05, 0.1) is 22.2 Å². The second kappa shape index (κ2) is 8.68. The Morgan fingerprint density at radius 2 is 1.91 bits per heavy atom. The lowest BCUT2D eigenvalue weighted by molar-refractivity contribution is -0.123. The quantitative estimate of drug-likeness (QED) is 0.399. The number of benzene rings is 2. The Kier molecular flexibility index (Phi) is 5.63. The zero-order chi connectivity index (χ0) is 22.7. The number of rotatable bonds is 6. The zero-order valence-corrected chi connectivity index (χ0v) is 16.9. The summed E-state index contributed by atoms with van der Waals surface area (Å²) in [6.45, 7) is 1.43. The molecule has 1 unspecified atom stereocenters. The summed E-state index contributed by atoms with van der Waals surface area (Å²) in [5.74, 6) is -1.75. The van der Waals surface area contributed by atoms with E-state index in [0.717, 1.165) is 5.56 Å². The third kappa shape index (κ3) is 4.46. The number of amides is 1. The maximum atomic E-state index is 12.6. The van der Waals surface area contributed by atoms with E-state index in [1.807, 2.05) is 6.07 Å². The second-order valence-electron chi connectivity index (χ2n) is 6.98. The minimum absolute atomic E-state index is 0.0333. The molecule has 0 aliphatic rings. The molecule has 2 heterocycles. The van der Waals surface area contributed by atoms with Crippen LogP contribution in [0.1, 0.15) is 27.6 Å². The van der Waals surface area contributed by atoms with Crippen LogP contribution in [-0.2, 0) is 9.53 Å². The third-order valence-electron chi connectivity index (χ3n) is 4.68. The van der Waals surface area contributed by atoms with Crippen molar-refractivity contribution in [3.05, 3.63) is 78.1 Å². The first kappa shape index (κ1) is 20.7. The van der Waals surface area contributed by atoms with Gasteiger partial charge in [-0.3, -0.25) is 9.78 Å². The first-order valence-corrected chi connectivity index (χ1v) is 9.66. The van der Waals surface area contributed by atoms with Gasteiger partial charge in [-0.1, -0.05) is 6.07 Å². The molecule has 9 heteroatoms. The van der Waals surface area contributed by atoms with Gasteiger partial charge in [-0.2, -0.15) is 0 Å². The number of fused-ring (bicyclic) bond motifs is 1. The second-order valence-corrected chi connectivity index (χ2v) is 6.98. The van der Waals surface area contributed by atoms with Crippen molar-refractivity contribution in [2.45, 2.75) is 13.0 Å². The van der Waals surface area contributed by atoms with E-state index in [4.69, 9.17) is 9.84 Å². The number of H-pyrrole nitrogens is 1. The molecule has 2 aromatic heterocycles.